The van der Waals surface area contributed by atoms with Crippen LogP contribution < -0.4 is 0 Å². The predicted octanol–water partition coefficient (Wildman–Crippen LogP) is 3.83. The zero-order valence-electron chi connectivity index (χ0n) is 35.9. The first-order valence-corrected chi connectivity index (χ1v) is 21.5. The summed E-state index contributed by atoms with van der Waals surface area (Å²) in [5, 5.41) is 54.7. The quantitative estimate of drug-likeness (QED) is 0.108. The number of aliphatic hydroxyl groups excluding tert-OH is 4. The van der Waals surface area contributed by atoms with Gasteiger partial charge < -0.3 is 44.6 Å². The molecule has 2 bridgehead atoms. The van der Waals surface area contributed by atoms with Crippen molar-refractivity contribution in [3.63, 3.8) is 0 Å². The average molecular weight is 828 g/mol. The second kappa shape index (κ2) is 22.0. The lowest BCUT2D eigenvalue weighted by molar-refractivity contribution is -0.288. The number of esters is 1. The third-order valence-corrected chi connectivity index (χ3v) is 13.1. The Morgan fingerprint density at radius 2 is 1.73 bits per heavy atom. The number of ketones is 2. The molecule has 0 aromatic rings. The summed E-state index contributed by atoms with van der Waals surface area (Å²) < 4.78 is 18.4. The van der Waals surface area contributed by atoms with Gasteiger partial charge in [-0.25, -0.2) is 4.79 Å². The standard InChI is InChI=1S/C46H69NO12/c1-8-12-32-19-27(3)18-28(4)20-40(57-7)42-34(26-49)23-35(13-9-2)46(56,59-42)43(53)44(54)47-17-11-10-14-36(47)45(55)58-41(30(6)38(51)24-39(32)52)29(5)21-31-15-16-37(50)33(22-31)25-48/h8,19,21,28,30-38,40-42,48-51,56H,1,10-12,14-18,20,22-26H2,2-7H3/b27-19+,29-21+/t28-,30+,31-,32+,33-,34+,35+,36?,37+,38-,40-,41+,42-,46+/m0/s1. The molecular formula is C46H69NO12. The van der Waals surface area contributed by atoms with E-state index in [2.05, 4.69) is 18.4 Å². The number of hydrogen-bond donors (Lipinski definition) is 5. The lowest BCUT2D eigenvalue weighted by atomic mass is 9.77. The maximum Gasteiger partial charge on any atom is 0.329 e. The van der Waals surface area contributed by atoms with Gasteiger partial charge in [0.2, 0.25) is 0 Å². The Morgan fingerprint density at radius 1 is 1.02 bits per heavy atom. The van der Waals surface area contributed by atoms with Crippen molar-refractivity contribution in [3.8, 4) is 11.8 Å². The third-order valence-electron chi connectivity index (χ3n) is 13.1. The van der Waals surface area contributed by atoms with Crippen LogP contribution in [0.25, 0.3) is 0 Å². The normalized spacial score (nSPS) is 39.7. The predicted molar refractivity (Wildman–Crippen MR) is 220 cm³/mol. The Bertz CT molecular complexity index is 1610. The highest BCUT2D eigenvalue weighted by molar-refractivity contribution is 6.39. The minimum atomic E-state index is -2.71. The van der Waals surface area contributed by atoms with Crippen LogP contribution in [0, 0.1) is 53.3 Å². The number of carbonyl (C=O) groups excluding carboxylic acids is 4. The van der Waals surface area contributed by atoms with E-state index in [0.29, 0.717) is 56.9 Å². The monoisotopic (exact) mass is 827 g/mol. The van der Waals surface area contributed by atoms with Gasteiger partial charge in [0, 0.05) is 57.0 Å². The Balaban J connectivity index is 1.81. The van der Waals surface area contributed by atoms with Gasteiger partial charge in [-0.2, -0.15) is 0 Å². The Morgan fingerprint density at radius 3 is 2.37 bits per heavy atom. The van der Waals surface area contributed by atoms with Crippen molar-refractivity contribution in [3.05, 3.63) is 36.0 Å². The van der Waals surface area contributed by atoms with Crippen molar-refractivity contribution >= 4 is 23.4 Å². The molecule has 14 atom stereocenters. The molecule has 4 aliphatic rings. The largest absolute Gasteiger partial charge is 0.456 e. The molecule has 5 N–H and O–H groups in total. The lowest BCUT2D eigenvalue weighted by Gasteiger charge is -2.46. The summed E-state index contributed by atoms with van der Waals surface area (Å²) in [5.41, 5.74) is 1.52. The Hall–Kier alpha value is -3.22. The molecule has 3 fully saturated rings. The summed E-state index contributed by atoms with van der Waals surface area (Å²) in [7, 11) is 1.48. The van der Waals surface area contributed by atoms with E-state index in [1.165, 1.54) is 14.0 Å². The van der Waals surface area contributed by atoms with Crippen molar-refractivity contribution in [2.75, 3.05) is 26.9 Å². The van der Waals surface area contributed by atoms with E-state index in [0.717, 1.165) is 10.5 Å². The van der Waals surface area contributed by atoms with Crippen molar-refractivity contribution < 1.29 is 58.9 Å². The lowest BCUT2D eigenvalue weighted by Crippen LogP contribution is -2.64. The molecule has 59 heavy (non-hydrogen) atoms. The van der Waals surface area contributed by atoms with Gasteiger partial charge in [-0.1, -0.05) is 43.6 Å². The number of hydrogen-bond acceptors (Lipinski definition) is 12. The van der Waals surface area contributed by atoms with Crippen LogP contribution in [0.3, 0.4) is 0 Å². The number of amides is 1. The number of rotatable bonds is 7. The van der Waals surface area contributed by atoms with Crippen LogP contribution in [0.2, 0.25) is 0 Å². The molecule has 13 nitrogen and oxygen atoms in total. The molecule has 1 saturated carbocycles. The van der Waals surface area contributed by atoms with Crippen molar-refractivity contribution in [1.82, 2.24) is 4.90 Å². The van der Waals surface area contributed by atoms with E-state index in [9.17, 15) is 44.7 Å². The van der Waals surface area contributed by atoms with Crippen LogP contribution in [0.5, 0.6) is 0 Å². The van der Waals surface area contributed by atoms with Gasteiger partial charge in [-0.15, -0.1) is 12.5 Å². The van der Waals surface area contributed by atoms with Crippen LogP contribution in [0.1, 0.15) is 105 Å². The number of cyclic esters (lactones) is 1. The van der Waals surface area contributed by atoms with Gasteiger partial charge in [-0.05, 0) is 102 Å². The average Bonchev–Trinajstić information content (AvgIpc) is 3.21. The van der Waals surface area contributed by atoms with Gasteiger partial charge in [0.25, 0.3) is 17.5 Å². The van der Waals surface area contributed by atoms with E-state index in [4.69, 9.17) is 14.2 Å². The third kappa shape index (κ3) is 11.8. The molecular weight excluding hydrogens is 759 g/mol. The van der Waals surface area contributed by atoms with Gasteiger partial charge in [0.15, 0.2) is 0 Å². The summed E-state index contributed by atoms with van der Waals surface area (Å²) in [4.78, 5) is 58.1. The molecule has 4 rings (SSSR count). The van der Waals surface area contributed by atoms with Gasteiger partial charge in [-0.3, -0.25) is 14.4 Å². The van der Waals surface area contributed by atoms with Gasteiger partial charge in [0.05, 0.1) is 30.3 Å². The summed E-state index contributed by atoms with van der Waals surface area (Å²) in [6.45, 7) is 12.3. The fraction of sp³-hybridized carbons (Fsp3) is 0.739. The van der Waals surface area contributed by atoms with E-state index in [-0.39, 0.29) is 62.6 Å². The number of carbonyl (C=O) groups is 4. The van der Waals surface area contributed by atoms with E-state index >= 15 is 0 Å². The van der Waals surface area contributed by atoms with E-state index < -0.39 is 83.7 Å². The molecule has 2 saturated heterocycles. The van der Waals surface area contributed by atoms with Crippen LogP contribution in [-0.4, -0.2) is 123 Å². The molecule has 1 amide bonds. The highest BCUT2D eigenvalue weighted by Gasteiger charge is 2.57. The molecule has 0 spiro atoms. The number of allylic oxidation sites excluding steroid dienone is 4. The van der Waals surface area contributed by atoms with Crippen LogP contribution in [0.15, 0.2) is 36.0 Å². The first-order valence-electron chi connectivity index (χ1n) is 21.5. The summed E-state index contributed by atoms with van der Waals surface area (Å²) in [6.07, 6.45) is 4.80. The molecule has 0 aromatic heterocycles. The highest BCUT2D eigenvalue weighted by Crippen LogP contribution is 2.41. The van der Waals surface area contributed by atoms with Crippen LogP contribution in [0.4, 0.5) is 0 Å². The molecule has 0 radical (unpaired) electrons. The maximum absolute atomic E-state index is 14.4. The van der Waals surface area contributed by atoms with Crippen LogP contribution >= 0.6 is 0 Å². The molecule has 330 valence electrons. The fourth-order valence-electron chi connectivity index (χ4n) is 9.73. The zero-order valence-corrected chi connectivity index (χ0v) is 35.9. The number of methoxy groups -OCH3 is 1. The molecule has 3 heterocycles. The fourth-order valence-corrected chi connectivity index (χ4v) is 9.73. The second-order valence-electron chi connectivity index (χ2n) is 17.7. The molecule has 1 aliphatic carbocycles. The smallest absolute Gasteiger partial charge is 0.329 e. The number of Topliss-reactive ketones (excluding diaryl/α,β-unsaturated/α-hetero) is 2. The SMILES string of the molecule is C=CC[C@@H]1/C=C(\C)C[C@H](C)C[C@H](OC)[C@H]2O[C@@](O)(C(=O)C(=O)N3CCCCC3C(=O)O[C@H](/C(C)=C/[C@@H]3CC[C@@H](O)[C@H](CO)C3)[C@H](C)[C@@H](O)CC1=O)[C@H](C#CC)C[C@@H]2CO. The minimum Gasteiger partial charge on any atom is -0.456 e. The number of piperidine rings is 1. The number of aliphatic hydroxyl groups is 5. The summed E-state index contributed by atoms with van der Waals surface area (Å²) in [5.74, 6) is -4.11. The van der Waals surface area contributed by atoms with Crippen LogP contribution in [-0.2, 0) is 33.4 Å². The van der Waals surface area contributed by atoms with Gasteiger partial charge in [0.1, 0.15) is 17.9 Å². The molecule has 1 unspecified atom stereocenters. The molecule has 13 heteroatoms. The number of ether oxygens (including phenoxy) is 3. The second-order valence-corrected chi connectivity index (χ2v) is 17.7. The molecule has 3 aliphatic heterocycles. The van der Waals surface area contributed by atoms with Gasteiger partial charge >= 0.3 is 5.97 Å². The topological polar surface area (TPSA) is 200 Å². The molecule has 0 aromatic carbocycles. The van der Waals surface area contributed by atoms with Crippen molar-refractivity contribution in [1.29, 1.82) is 0 Å². The number of nitrogens with zero attached hydrogens (tertiary/aromatic N) is 1. The highest BCUT2D eigenvalue weighted by atomic mass is 16.7. The maximum atomic E-state index is 14.4. The van der Waals surface area contributed by atoms with Crippen molar-refractivity contribution in [2.45, 2.75) is 148 Å². The van der Waals surface area contributed by atoms with Crippen molar-refractivity contribution in [2.24, 2.45) is 41.4 Å². The minimum absolute atomic E-state index is 0.0294. The summed E-state index contributed by atoms with van der Waals surface area (Å²) in [6, 6.07) is -1.21. The Labute approximate surface area is 350 Å². The van der Waals surface area contributed by atoms with E-state index in [1.807, 2.05) is 26.0 Å². The summed E-state index contributed by atoms with van der Waals surface area (Å²) >= 11 is 0. The first kappa shape index (κ1) is 48.4. The Kier molecular flexibility index (Phi) is 18.1. The number of fused-ring (bicyclic) bond motifs is 3. The van der Waals surface area contributed by atoms with E-state index in [1.54, 1.807) is 19.9 Å². The zero-order chi connectivity index (χ0) is 43.6. The first-order chi connectivity index (χ1) is 28.0.